The molecular weight excluding hydrogens is 546 g/mol. The van der Waals surface area contributed by atoms with Gasteiger partial charge >= 0.3 is 6.03 Å². The summed E-state index contributed by atoms with van der Waals surface area (Å²) in [6, 6.07) is 8.44. The summed E-state index contributed by atoms with van der Waals surface area (Å²) >= 11 is 0. The minimum absolute atomic E-state index is 0.0417. The lowest BCUT2D eigenvalue weighted by Crippen LogP contribution is -2.52. The topological polar surface area (TPSA) is 163 Å². The minimum atomic E-state index is -0.653. The number of piperidine rings is 2. The molecule has 43 heavy (non-hydrogen) atoms. The Labute approximate surface area is 253 Å². The number of hydrogen-bond donors (Lipinski definition) is 4. The maximum absolute atomic E-state index is 12.7. The first kappa shape index (κ1) is 30.5. The first-order valence-electron chi connectivity index (χ1n) is 15.6. The molecule has 6 rings (SSSR count). The summed E-state index contributed by atoms with van der Waals surface area (Å²) in [7, 11) is 1.78. The number of nitrogens with zero attached hydrogens (tertiary/aromatic N) is 5. The van der Waals surface area contributed by atoms with Crippen LogP contribution in [0.15, 0.2) is 30.5 Å². The highest BCUT2D eigenvalue weighted by Crippen LogP contribution is 2.38. The van der Waals surface area contributed by atoms with E-state index in [0.717, 1.165) is 82.0 Å². The second-order valence-electron chi connectivity index (χ2n) is 12.1. The molecule has 3 aliphatic heterocycles. The van der Waals surface area contributed by atoms with E-state index >= 15 is 0 Å². The SMILES string of the molecule is CN1CCNC1=O.NC(=O)c1ncc(N2CCCCC2)nc1Nc1ccc(C2(C(N)=O)CCN(C3CCCC3)CC2)cc1. The van der Waals surface area contributed by atoms with E-state index in [-0.39, 0.29) is 17.6 Å². The van der Waals surface area contributed by atoms with Crippen molar-refractivity contribution in [1.82, 2.24) is 25.1 Å². The van der Waals surface area contributed by atoms with Crippen LogP contribution >= 0.6 is 0 Å². The van der Waals surface area contributed by atoms with Gasteiger partial charge in [0.1, 0.15) is 5.82 Å². The third-order valence-electron chi connectivity index (χ3n) is 9.41. The number of rotatable bonds is 7. The van der Waals surface area contributed by atoms with E-state index in [0.29, 0.717) is 11.9 Å². The maximum Gasteiger partial charge on any atom is 0.317 e. The molecule has 1 aromatic heterocycles. The summed E-state index contributed by atoms with van der Waals surface area (Å²) in [6.45, 7) is 5.29. The number of amides is 4. The van der Waals surface area contributed by atoms with Gasteiger partial charge in [-0.1, -0.05) is 25.0 Å². The van der Waals surface area contributed by atoms with Crippen molar-refractivity contribution in [3.63, 3.8) is 0 Å². The fourth-order valence-electron chi connectivity index (χ4n) is 6.72. The molecule has 232 valence electrons. The second-order valence-corrected chi connectivity index (χ2v) is 12.1. The van der Waals surface area contributed by atoms with Crippen LogP contribution in [0.5, 0.6) is 0 Å². The number of primary amides is 2. The number of aromatic nitrogens is 2. The fourth-order valence-corrected chi connectivity index (χ4v) is 6.72. The molecule has 0 unspecified atom stereocenters. The van der Waals surface area contributed by atoms with E-state index in [9.17, 15) is 14.4 Å². The van der Waals surface area contributed by atoms with Gasteiger partial charge in [0.2, 0.25) is 5.91 Å². The summed E-state index contributed by atoms with van der Waals surface area (Å²) < 4.78 is 0. The molecule has 3 saturated heterocycles. The van der Waals surface area contributed by atoms with Crippen molar-refractivity contribution in [2.45, 2.75) is 69.2 Å². The van der Waals surface area contributed by atoms with Gasteiger partial charge in [0.25, 0.3) is 5.91 Å². The summed E-state index contributed by atoms with van der Waals surface area (Å²) in [5.41, 5.74) is 12.7. The van der Waals surface area contributed by atoms with Crippen LogP contribution < -0.4 is 27.0 Å². The molecule has 0 radical (unpaired) electrons. The number of anilines is 3. The van der Waals surface area contributed by atoms with Crippen LogP contribution in [0.2, 0.25) is 0 Å². The average Bonchev–Trinajstić information content (AvgIpc) is 3.70. The van der Waals surface area contributed by atoms with Crippen LogP contribution in [-0.2, 0) is 10.2 Å². The lowest BCUT2D eigenvalue weighted by molar-refractivity contribution is -0.125. The smallest absolute Gasteiger partial charge is 0.317 e. The van der Waals surface area contributed by atoms with Gasteiger partial charge in [0.15, 0.2) is 11.5 Å². The quantitative estimate of drug-likeness (QED) is 0.382. The minimum Gasteiger partial charge on any atom is -0.369 e. The largest absolute Gasteiger partial charge is 0.369 e. The van der Waals surface area contributed by atoms with Crippen LogP contribution in [0.25, 0.3) is 0 Å². The standard InChI is InChI=1S/C27H37N7O2.C4H8N2O/c28-24(35)23-25(32-22(18-30-23)34-14-4-1-5-15-34)31-20-10-8-19(9-11-20)27(26(29)36)12-16-33(17-13-27)21-6-2-3-7-21;1-6-3-2-5-4(6)7/h8-11,18,21H,1-7,12-17H2,(H2,28,35)(H2,29,36)(H,31,32);2-3H2,1H3,(H,5,7). The number of likely N-dealkylation sites (N-methyl/N-ethyl adjacent to an activating group) is 1. The molecule has 1 saturated carbocycles. The molecular formula is C31H45N9O3. The normalized spacial score (nSPS) is 20.7. The van der Waals surface area contributed by atoms with Gasteiger partial charge in [-0.15, -0.1) is 0 Å². The molecule has 12 nitrogen and oxygen atoms in total. The number of nitrogens with one attached hydrogen (secondary N) is 2. The van der Waals surface area contributed by atoms with E-state index in [2.05, 4.69) is 30.4 Å². The van der Waals surface area contributed by atoms with Gasteiger partial charge in [-0.25, -0.2) is 14.8 Å². The molecule has 0 spiro atoms. The number of benzene rings is 1. The van der Waals surface area contributed by atoms with Crippen LogP contribution in [0.1, 0.15) is 73.8 Å². The molecule has 4 fully saturated rings. The highest BCUT2D eigenvalue weighted by atomic mass is 16.2. The van der Waals surface area contributed by atoms with Crippen molar-refractivity contribution in [3.8, 4) is 0 Å². The predicted molar refractivity (Wildman–Crippen MR) is 166 cm³/mol. The van der Waals surface area contributed by atoms with Gasteiger partial charge in [-0.3, -0.25) is 9.59 Å². The maximum atomic E-state index is 12.7. The van der Waals surface area contributed by atoms with Crippen molar-refractivity contribution in [2.75, 3.05) is 56.5 Å². The van der Waals surface area contributed by atoms with Gasteiger partial charge in [0, 0.05) is 45.0 Å². The van der Waals surface area contributed by atoms with Crippen molar-refractivity contribution in [3.05, 3.63) is 41.7 Å². The van der Waals surface area contributed by atoms with E-state index in [4.69, 9.17) is 11.5 Å². The zero-order valence-corrected chi connectivity index (χ0v) is 25.2. The third kappa shape index (κ3) is 7.01. The zero-order chi connectivity index (χ0) is 30.4. The van der Waals surface area contributed by atoms with Crippen molar-refractivity contribution in [1.29, 1.82) is 0 Å². The number of likely N-dealkylation sites (tertiary alicyclic amines) is 1. The summed E-state index contributed by atoms with van der Waals surface area (Å²) in [6.07, 6.45) is 11.7. The van der Waals surface area contributed by atoms with E-state index in [1.165, 1.54) is 32.1 Å². The third-order valence-corrected chi connectivity index (χ3v) is 9.41. The first-order valence-corrected chi connectivity index (χ1v) is 15.6. The molecule has 6 N–H and O–H groups in total. The highest BCUT2D eigenvalue weighted by molar-refractivity contribution is 5.96. The molecule has 1 aliphatic carbocycles. The highest BCUT2D eigenvalue weighted by Gasteiger charge is 2.42. The Morgan fingerprint density at radius 1 is 0.953 bits per heavy atom. The average molecular weight is 592 g/mol. The number of urea groups is 1. The Morgan fingerprint density at radius 3 is 2.16 bits per heavy atom. The summed E-state index contributed by atoms with van der Waals surface area (Å²) in [5, 5.41) is 5.88. The molecule has 1 aromatic carbocycles. The lowest BCUT2D eigenvalue weighted by Gasteiger charge is -2.42. The molecule has 4 heterocycles. The Morgan fingerprint density at radius 2 is 1.63 bits per heavy atom. The van der Waals surface area contributed by atoms with E-state index in [1.807, 2.05) is 24.3 Å². The number of carbonyl (C=O) groups is 3. The molecule has 0 bridgehead atoms. The van der Waals surface area contributed by atoms with Gasteiger partial charge in [0.05, 0.1) is 11.6 Å². The first-order chi connectivity index (χ1) is 20.8. The number of carbonyl (C=O) groups excluding carboxylic acids is 3. The molecule has 2 aromatic rings. The van der Waals surface area contributed by atoms with Crippen LogP contribution in [0.4, 0.5) is 22.1 Å². The summed E-state index contributed by atoms with van der Waals surface area (Å²) in [4.78, 5) is 50.5. The number of nitrogens with two attached hydrogens (primary N) is 2. The van der Waals surface area contributed by atoms with Crippen molar-refractivity contribution in [2.24, 2.45) is 11.5 Å². The van der Waals surface area contributed by atoms with E-state index < -0.39 is 11.3 Å². The molecule has 4 amide bonds. The van der Waals surface area contributed by atoms with Crippen LogP contribution in [0.3, 0.4) is 0 Å². The van der Waals surface area contributed by atoms with Gasteiger partial charge < -0.3 is 36.8 Å². The number of hydrogen-bond acceptors (Lipinski definition) is 8. The van der Waals surface area contributed by atoms with E-state index in [1.54, 1.807) is 18.1 Å². The fraction of sp³-hybridized carbons (Fsp3) is 0.581. The Hall–Kier alpha value is -3.93. The molecule has 4 aliphatic rings. The molecule has 12 heteroatoms. The Balaban J connectivity index is 0.000000463. The monoisotopic (exact) mass is 591 g/mol. The lowest BCUT2D eigenvalue weighted by atomic mass is 9.72. The Bertz CT molecular complexity index is 1280. The predicted octanol–water partition coefficient (Wildman–Crippen LogP) is 2.71. The molecule has 0 atom stereocenters. The van der Waals surface area contributed by atoms with Gasteiger partial charge in [-0.05, 0) is 75.7 Å². The zero-order valence-electron chi connectivity index (χ0n) is 25.2. The summed E-state index contributed by atoms with van der Waals surface area (Å²) in [5.74, 6) is 0.187. The van der Waals surface area contributed by atoms with Crippen molar-refractivity contribution >= 4 is 35.2 Å². The Kier molecular flexibility index (Phi) is 9.64. The van der Waals surface area contributed by atoms with Crippen LogP contribution in [-0.4, -0.2) is 90.0 Å². The van der Waals surface area contributed by atoms with Crippen LogP contribution in [0, 0.1) is 0 Å². The van der Waals surface area contributed by atoms with Crippen molar-refractivity contribution < 1.29 is 14.4 Å². The van der Waals surface area contributed by atoms with Gasteiger partial charge in [-0.2, -0.15) is 0 Å². The second kappa shape index (κ2) is 13.6.